The average molecular weight is 356 g/mol. The summed E-state index contributed by atoms with van der Waals surface area (Å²) in [4.78, 5) is 8.78. The summed E-state index contributed by atoms with van der Waals surface area (Å²) in [7, 11) is 0. The topological polar surface area (TPSA) is 40.1 Å². The van der Waals surface area contributed by atoms with Gasteiger partial charge in [-0.1, -0.05) is 36.4 Å². The molecule has 0 spiro atoms. The summed E-state index contributed by atoms with van der Waals surface area (Å²) in [5, 5.41) is 8.78. The van der Waals surface area contributed by atoms with Crippen LogP contribution in [0.2, 0.25) is 0 Å². The second-order valence-electron chi connectivity index (χ2n) is 5.26. The van der Waals surface area contributed by atoms with Crippen LogP contribution in [-0.2, 0) is 4.79 Å². The molecule has 3 rings (SSSR count). The van der Waals surface area contributed by atoms with E-state index in [2.05, 4.69) is 91.4 Å². The molecule has 26 heavy (non-hydrogen) atoms. The van der Waals surface area contributed by atoms with Crippen molar-refractivity contribution in [2.24, 2.45) is 0 Å². The fourth-order valence-electron chi connectivity index (χ4n) is 2.31. The minimum absolute atomic E-state index is 1.25. The lowest BCUT2D eigenvalue weighted by atomic mass is 9.90. The molecule has 2 aromatic carbocycles. The van der Waals surface area contributed by atoms with E-state index >= 15 is 0 Å². The summed E-state index contributed by atoms with van der Waals surface area (Å²) >= 11 is 0. The molecule has 0 amide bonds. The molecule has 2 nitrogen and oxygen atoms in total. The molecule has 0 saturated carbocycles. The van der Waals surface area contributed by atoms with Crippen molar-refractivity contribution in [2.45, 2.75) is 6.18 Å². The van der Waals surface area contributed by atoms with E-state index in [4.69, 9.17) is 9.90 Å². The van der Waals surface area contributed by atoms with Gasteiger partial charge in [-0.3, -0.25) is 0 Å². The molecular formula is C21H15F3O2. The summed E-state index contributed by atoms with van der Waals surface area (Å²) in [6, 6.07) is 21.1. The van der Waals surface area contributed by atoms with E-state index in [0.29, 0.717) is 0 Å². The molecule has 0 N–H and O–H groups in total. The number of halogens is 3. The summed E-state index contributed by atoms with van der Waals surface area (Å²) in [6.45, 7) is 0. The van der Waals surface area contributed by atoms with Crippen molar-refractivity contribution in [3.8, 4) is 0 Å². The van der Waals surface area contributed by atoms with Crippen LogP contribution in [0.4, 0.5) is 13.2 Å². The number of hydrogen-bond donors (Lipinski definition) is 0. The Morgan fingerprint density at radius 2 is 1.31 bits per heavy atom. The zero-order valence-corrected chi connectivity index (χ0v) is 13.6. The van der Waals surface area contributed by atoms with Crippen molar-refractivity contribution in [3.63, 3.8) is 0 Å². The van der Waals surface area contributed by atoms with Crippen LogP contribution >= 0.6 is 0 Å². The predicted octanol–water partition coefficient (Wildman–Crippen LogP) is 4.12. The van der Waals surface area contributed by atoms with Crippen molar-refractivity contribution in [1.82, 2.24) is 0 Å². The van der Waals surface area contributed by atoms with E-state index < -0.39 is 12.1 Å². The quantitative estimate of drug-likeness (QED) is 0.760. The molecule has 0 heterocycles. The van der Waals surface area contributed by atoms with Gasteiger partial charge in [0.25, 0.3) is 0 Å². The molecule has 2 aromatic rings. The number of carboxylic acids is 1. The first-order valence-electron chi connectivity index (χ1n) is 7.71. The van der Waals surface area contributed by atoms with Gasteiger partial charge in [-0.15, -0.1) is 0 Å². The Morgan fingerprint density at radius 3 is 1.65 bits per heavy atom. The highest BCUT2D eigenvalue weighted by Crippen LogP contribution is 2.29. The zero-order valence-electron chi connectivity index (χ0n) is 13.6. The number of hydrogen-bond acceptors (Lipinski definition) is 2. The number of benzene rings is 2. The van der Waals surface area contributed by atoms with E-state index in [1.165, 1.54) is 22.3 Å². The molecule has 0 aromatic heterocycles. The molecule has 0 aliphatic heterocycles. The Morgan fingerprint density at radius 1 is 0.846 bits per heavy atom. The van der Waals surface area contributed by atoms with Crippen molar-refractivity contribution in [2.75, 3.05) is 0 Å². The lowest BCUT2D eigenvalue weighted by Gasteiger charge is -2.08. The van der Waals surface area contributed by atoms with Gasteiger partial charge in [0.05, 0.1) is 5.57 Å². The van der Waals surface area contributed by atoms with Gasteiger partial charge in [-0.2, -0.15) is 13.2 Å². The number of carbonyl (C=O) groups is 1. The van der Waals surface area contributed by atoms with E-state index in [1.54, 1.807) is 0 Å². The van der Waals surface area contributed by atoms with Gasteiger partial charge in [0.15, 0.2) is 0 Å². The summed E-state index contributed by atoms with van der Waals surface area (Å²) in [6.07, 6.45) is 5.35. The first-order chi connectivity index (χ1) is 12.4. The van der Waals surface area contributed by atoms with Crippen molar-refractivity contribution >= 4 is 11.5 Å². The Balaban J connectivity index is 0.000000298. The molecule has 0 saturated heterocycles. The maximum atomic E-state index is 10.5. The number of rotatable bonds is 2. The van der Waals surface area contributed by atoms with Crippen LogP contribution < -0.4 is 5.11 Å². The molecule has 0 radical (unpaired) electrons. The van der Waals surface area contributed by atoms with Gasteiger partial charge < -0.3 is 9.90 Å². The standard InChI is InChI=1S/C19H15.C2HF3O2/c1-4-10-16(11-5-1)19(17-12-6-2-7-13-17)18-14-8-3-9-15-18;3-2(4,5)1(6)7/h1-15H;(H,6,7)/q+1;/p-1. The fourth-order valence-corrected chi connectivity index (χ4v) is 2.31. The molecule has 1 aliphatic rings. The van der Waals surface area contributed by atoms with Crippen LogP contribution in [0.5, 0.6) is 0 Å². The monoisotopic (exact) mass is 356 g/mol. The van der Waals surface area contributed by atoms with Gasteiger partial charge in [-0.25, -0.2) is 0 Å². The Kier molecular flexibility index (Phi) is 6.44. The number of alkyl halides is 3. The van der Waals surface area contributed by atoms with Crippen LogP contribution in [0.15, 0.2) is 90.5 Å². The molecule has 132 valence electrons. The third kappa shape index (κ3) is 5.41. The van der Waals surface area contributed by atoms with E-state index in [-0.39, 0.29) is 0 Å². The van der Waals surface area contributed by atoms with Gasteiger partial charge >= 0.3 is 6.18 Å². The minimum Gasteiger partial charge on any atom is -0.542 e. The highest BCUT2D eigenvalue weighted by atomic mass is 19.4. The third-order valence-corrected chi connectivity index (χ3v) is 3.42. The maximum Gasteiger partial charge on any atom is 0.430 e. The van der Waals surface area contributed by atoms with Crippen LogP contribution in [-0.4, -0.2) is 12.1 Å². The second-order valence-corrected chi connectivity index (χ2v) is 5.26. The summed E-state index contributed by atoms with van der Waals surface area (Å²) < 4.78 is 31.5. The molecule has 0 unspecified atom stereocenters. The maximum absolute atomic E-state index is 10.5. The van der Waals surface area contributed by atoms with Crippen molar-refractivity contribution < 1.29 is 23.1 Å². The minimum atomic E-state index is -5.19. The molecule has 0 atom stereocenters. The number of carbonyl (C=O) groups excluding carboxylic acids is 1. The van der Waals surface area contributed by atoms with Gasteiger partial charge in [0.1, 0.15) is 11.5 Å². The van der Waals surface area contributed by atoms with Crippen LogP contribution in [0, 0.1) is 6.42 Å². The molecule has 0 fully saturated rings. The zero-order chi connectivity index (χ0) is 19.0. The normalized spacial score (nSPS) is 12.7. The van der Waals surface area contributed by atoms with Gasteiger partial charge in [0.2, 0.25) is 0 Å². The molecule has 5 heteroatoms. The lowest BCUT2D eigenvalue weighted by Crippen LogP contribution is -2.37. The second kappa shape index (κ2) is 8.76. The molecule has 0 bridgehead atoms. The van der Waals surface area contributed by atoms with Crippen molar-refractivity contribution in [3.05, 3.63) is 108 Å². The van der Waals surface area contributed by atoms with Crippen LogP contribution in [0.3, 0.4) is 0 Å². The highest BCUT2D eigenvalue weighted by Gasteiger charge is 2.28. The van der Waals surface area contributed by atoms with E-state index in [1.807, 2.05) is 0 Å². The van der Waals surface area contributed by atoms with Crippen LogP contribution in [0.25, 0.3) is 5.57 Å². The van der Waals surface area contributed by atoms with Crippen LogP contribution in [0.1, 0.15) is 11.1 Å². The SMILES string of the molecule is C1=C[CH+]C(=C(c2ccccc2)c2ccccc2)C=C1.O=C([O-])C(F)(F)F. The largest absolute Gasteiger partial charge is 0.542 e. The fraction of sp³-hybridized carbons (Fsp3) is 0.0476. The molecular weight excluding hydrogens is 341 g/mol. The Labute approximate surface area is 149 Å². The number of allylic oxidation sites excluding steroid dienone is 5. The first-order valence-corrected chi connectivity index (χ1v) is 7.71. The van der Waals surface area contributed by atoms with Crippen molar-refractivity contribution in [1.29, 1.82) is 0 Å². The lowest BCUT2D eigenvalue weighted by molar-refractivity contribution is -0.344. The number of aliphatic carboxylic acids is 1. The Bertz CT molecular complexity index is 776. The average Bonchev–Trinajstić information content (AvgIpc) is 2.64. The first kappa shape index (κ1) is 19.1. The summed E-state index contributed by atoms with van der Waals surface area (Å²) in [5.41, 5.74) is 5.03. The summed E-state index contributed by atoms with van der Waals surface area (Å²) in [5.74, 6) is -3.01. The predicted molar refractivity (Wildman–Crippen MR) is 92.5 cm³/mol. The van der Waals surface area contributed by atoms with Gasteiger partial charge in [-0.05, 0) is 24.3 Å². The van der Waals surface area contributed by atoms with Gasteiger partial charge in [0, 0.05) is 41.9 Å². The smallest absolute Gasteiger partial charge is 0.430 e. The number of carboxylic acid groups (broad SMARTS) is 1. The Hall–Kier alpha value is -3.21. The third-order valence-electron chi connectivity index (χ3n) is 3.42. The molecule has 1 aliphatic carbocycles. The van der Waals surface area contributed by atoms with E-state index in [9.17, 15) is 13.2 Å². The highest BCUT2D eigenvalue weighted by molar-refractivity contribution is 5.85. The van der Waals surface area contributed by atoms with E-state index in [0.717, 1.165) is 0 Å².